The van der Waals surface area contributed by atoms with Crippen LogP contribution in [0.3, 0.4) is 0 Å². The van der Waals surface area contributed by atoms with Crippen LogP contribution in [0.5, 0.6) is 11.5 Å². The lowest BCUT2D eigenvalue weighted by molar-refractivity contribution is 0.0947. The Morgan fingerprint density at radius 2 is 1.65 bits per heavy atom. The van der Waals surface area contributed by atoms with E-state index in [0.29, 0.717) is 23.7 Å². The van der Waals surface area contributed by atoms with E-state index in [4.69, 9.17) is 14.6 Å². The Morgan fingerprint density at radius 3 is 2.29 bits per heavy atom. The van der Waals surface area contributed by atoms with E-state index in [0.717, 1.165) is 28.3 Å². The third-order valence-electron chi connectivity index (χ3n) is 5.24. The summed E-state index contributed by atoms with van der Waals surface area (Å²) >= 11 is 0. The Balaban J connectivity index is 1.61. The zero-order valence-corrected chi connectivity index (χ0v) is 19.4. The maximum Gasteiger partial charge on any atom is 0.290 e. The van der Waals surface area contributed by atoms with Crippen LogP contribution in [0.1, 0.15) is 29.9 Å². The molecule has 1 heterocycles. The second kappa shape index (κ2) is 10.5. The number of nitrogens with one attached hydrogen (secondary N) is 1. The Hall–Kier alpha value is -4.39. The number of carbonyl (C=O) groups excluding carboxylic acids is 1. The van der Waals surface area contributed by atoms with Crippen molar-refractivity contribution in [2.45, 2.75) is 13.8 Å². The summed E-state index contributed by atoms with van der Waals surface area (Å²) in [5, 5.41) is 9.00. The zero-order valence-electron chi connectivity index (χ0n) is 19.4. The van der Waals surface area contributed by atoms with Gasteiger partial charge in [-0.2, -0.15) is 10.2 Å². The topological polar surface area (TPSA) is 77.7 Å². The van der Waals surface area contributed by atoms with Crippen LogP contribution in [0.4, 0.5) is 0 Å². The first-order valence-corrected chi connectivity index (χ1v) is 11.0. The molecule has 1 aromatic heterocycles. The molecule has 0 spiro atoms. The molecule has 0 atom stereocenters. The van der Waals surface area contributed by atoms with Gasteiger partial charge in [0.05, 0.1) is 30.8 Å². The number of carbonyl (C=O) groups is 1. The molecule has 3 aromatic carbocycles. The van der Waals surface area contributed by atoms with E-state index in [2.05, 4.69) is 10.5 Å². The molecular formula is C27H26N4O3. The molecule has 0 saturated carbocycles. The predicted octanol–water partition coefficient (Wildman–Crippen LogP) is 5.10. The molecular weight excluding hydrogens is 428 g/mol. The quantitative estimate of drug-likeness (QED) is 0.297. The van der Waals surface area contributed by atoms with Gasteiger partial charge in [-0.25, -0.2) is 10.1 Å². The van der Waals surface area contributed by atoms with Crippen LogP contribution in [0.15, 0.2) is 90.0 Å². The van der Waals surface area contributed by atoms with Crippen molar-refractivity contribution in [3.63, 3.8) is 0 Å². The highest BCUT2D eigenvalue weighted by Crippen LogP contribution is 2.24. The highest BCUT2D eigenvalue weighted by Gasteiger charge is 2.18. The maximum atomic E-state index is 13.1. The maximum absolute atomic E-state index is 13.1. The molecule has 0 aliphatic heterocycles. The molecule has 0 aliphatic rings. The minimum Gasteiger partial charge on any atom is -0.497 e. The number of para-hydroxylation sites is 1. The number of methoxy groups -OCH3 is 1. The Bertz CT molecular complexity index is 1280. The summed E-state index contributed by atoms with van der Waals surface area (Å²) in [7, 11) is 1.62. The number of ether oxygens (including phenoxy) is 2. The normalized spacial score (nSPS) is 11.2. The van der Waals surface area contributed by atoms with Crippen LogP contribution < -0.4 is 14.9 Å². The van der Waals surface area contributed by atoms with Crippen molar-refractivity contribution in [2.24, 2.45) is 5.10 Å². The van der Waals surface area contributed by atoms with Crippen LogP contribution in [0, 0.1) is 0 Å². The van der Waals surface area contributed by atoms with Gasteiger partial charge in [0, 0.05) is 5.56 Å². The van der Waals surface area contributed by atoms with Gasteiger partial charge in [0.2, 0.25) is 0 Å². The Morgan fingerprint density at radius 1 is 0.971 bits per heavy atom. The molecule has 0 radical (unpaired) electrons. The van der Waals surface area contributed by atoms with Gasteiger partial charge in [-0.1, -0.05) is 18.2 Å². The number of aromatic nitrogens is 2. The smallest absolute Gasteiger partial charge is 0.290 e. The first-order chi connectivity index (χ1) is 16.6. The third-order valence-corrected chi connectivity index (χ3v) is 5.24. The summed E-state index contributed by atoms with van der Waals surface area (Å²) in [5.74, 6) is 1.19. The molecule has 34 heavy (non-hydrogen) atoms. The molecule has 7 heteroatoms. The molecule has 0 saturated heterocycles. The highest BCUT2D eigenvalue weighted by molar-refractivity contribution is 6.01. The SMILES string of the molecule is CCOc1ccc(/C(C)=N/NC(=O)c2cc(-c3ccc(OC)cc3)nn2-c2ccccc2)cc1. The lowest BCUT2D eigenvalue weighted by Crippen LogP contribution is -2.22. The van der Waals surface area contributed by atoms with E-state index in [1.807, 2.05) is 92.7 Å². The van der Waals surface area contributed by atoms with Crippen molar-refractivity contribution < 1.29 is 14.3 Å². The summed E-state index contributed by atoms with van der Waals surface area (Å²) in [5.41, 5.74) is 6.93. The number of rotatable bonds is 8. The second-order valence-corrected chi connectivity index (χ2v) is 7.49. The van der Waals surface area contributed by atoms with E-state index in [1.54, 1.807) is 17.9 Å². The minimum atomic E-state index is -0.360. The van der Waals surface area contributed by atoms with Crippen LogP contribution in [-0.4, -0.2) is 35.1 Å². The van der Waals surface area contributed by atoms with Gasteiger partial charge >= 0.3 is 0 Å². The molecule has 1 N–H and O–H groups in total. The monoisotopic (exact) mass is 454 g/mol. The van der Waals surface area contributed by atoms with Crippen molar-refractivity contribution in [1.29, 1.82) is 0 Å². The highest BCUT2D eigenvalue weighted by atomic mass is 16.5. The zero-order chi connectivity index (χ0) is 23.9. The fourth-order valence-corrected chi connectivity index (χ4v) is 3.43. The van der Waals surface area contributed by atoms with Gasteiger partial charge in [0.1, 0.15) is 17.2 Å². The molecule has 4 aromatic rings. The predicted molar refractivity (Wildman–Crippen MR) is 133 cm³/mol. The van der Waals surface area contributed by atoms with Gasteiger partial charge in [-0.05, 0) is 86.1 Å². The van der Waals surface area contributed by atoms with Gasteiger partial charge in [0.15, 0.2) is 0 Å². The molecule has 4 rings (SSSR count). The van der Waals surface area contributed by atoms with E-state index in [9.17, 15) is 4.79 Å². The number of amides is 1. The van der Waals surface area contributed by atoms with Crippen molar-refractivity contribution in [3.05, 3.63) is 96.2 Å². The fraction of sp³-hybridized carbons (Fsp3) is 0.148. The first-order valence-electron chi connectivity index (χ1n) is 11.0. The summed E-state index contributed by atoms with van der Waals surface area (Å²) in [6.07, 6.45) is 0. The number of nitrogens with zero attached hydrogens (tertiary/aromatic N) is 3. The molecule has 0 aliphatic carbocycles. The minimum absolute atomic E-state index is 0.360. The van der Waals surface area contributed by atoms with Crippen LogP contribution in [0.25, 0.3) is 16.9 Å². The van der Waals surface area contributed by atoms with E-state index in [1.165, 1.54) is 0 Å². The standard InChI is InChI=1S/C27H26N4O3/c1-4-34-24-16-10-20(11-17-24)19(2)28-29-27(32)26-18-25(21-12-14-23(33-3)15-13-21)30-31(26)22-8-6-5-7-9-22/h5-18H,4H2,1-3H3,(H,29,32)/b28-19+. The van der Waals surface area contributed by atoms with Crippen LogP contribution in [-0.2, 0) is 0 Å². The fourth-order valence-electron chi connectivity index (χ4n) is 3.43. The van der Waals surface area contributed by atoms with Crippen molar-refractivity contribution >= 4 is 11.6 Å². The molecule has 0 unspecified atom stereocenters. The molecule has 7 nitrogen and oxygen atoms in total. The number of hydrogen-bond donors (Lipinski definition) is 1. The van der Waals surface area contributed by atoms with Gasteiger partial charge in [-0.3, -0.25) is 4.79 Å². The van der Waals surface area contributed by atoms with Gasteiger partial charge < -0.3 is 9.47 Å². The van der Waals surface area contributed by atoms with Crippen LogP contribution >= 0.6 is 0 Å². The van der Waals surface area contributed by atoms with Gasteiger partial charge in [0.25, 0.3) is 5.91 Å². The number of hydrazone groups is 1. The Kier molecular flexibility index (Phi) is 7.03. The van der Waals surface area contributed by atoms with E-state index < -0.39 is 0 Å². The van der Waals surface area contributed by atoms with Crippen LogP contribution in [0.2, 0.25) is 0 Å². The van der Waals surface area contributed by atoms with Gasteiger partial charge in [-0.15, -0.1) is 0 Å². The molecule has 1 amide bonds. The second-order valence-electron chi connectivity index (χ2n) is 7.49. The molecule has 0 bridgehead atoms. The number of benzene rings is 3. The summed E-state index contributed by atoms with van der Waals surface area (Å²) in [6, 6.07) is 26.4. The van der Waals surface area contributed by atoms with E-state index >= 15 is 0 Å². The third kappa shape index (κ3) is 5.15. The van der Waals surface area contributed by atoms with Crippen molar-refractivity contribution in [1.82, 2.24) is 15.2 Å². The Labute approximate surface area is 198 Å². The van der Waals surface area contributed by atoms with Crippen molar-refractivity contribution in [3.8, 4) is 28.4 Å². The molecule has 172 valence electrons. The van der Waals surface area contributed by atoms with E-state index in [-0.39, 0.29) is 5.91 Å². The largest absolute Gasteiger partial charge is 0.497 e. The summed E-state index contributed by atoms with van der Waals surface area (Å²) < 4.78 is 12.3. The number of hydrogen-bond acceptors (Lipinski definition) is 5. The average Bonchev–Trinajstić information content (AvgIpc) is 3.34. The first kappa shape index (κ1) is 22.8. The lowest BCUT2D eigenvalue weighted by atomic mass is 10.1. The molecule has 0 fully saturated rings. The van der Waals surface area contributed by atoms with Crippen molar-refractivity contribution in [2.75, 3.05) is 13.7 Å². The lowest BCUT2D eigenvalue weighted by Gasteiger charge is -2.07. The average molecular weight is 455 g/mol. The summed E-state index contributed by atoms with van der Waals surface area (Å²) in [6.45, 7) is 4.39. The summed E-state index contributed by atoms with van der Waals surface area (Å²) in [4.78, 5) is 13.1.